The van der Waals surface area contributed by atoms with Crippen molar-refractivity contribution in [3.8, 4) is 0 Å². The molecule has 0 bridgehead atoms. The van der Waals surface area contributed by atoms with Gasteiger partial charge in [0.05, 0.1) is 6.61 Å². The van der Waals surface area contributed by atoms with E-state index >= 15 is 0 Å². The molecule has 0 aromatic carbocycles. The van der Waals surface area contributed by atoms with Crippen molar-refractivity contribution in [3.63, 3.8) is 0 Å². The SMILES string of the molecule is CC(CO)SCCCNC(C)(C)C. The van der Waals surface area contributed by atoms with E-state index in [1.165, 1.54) is 6.42 Å². The second-order valence-corrected chi connectivity index (χ2v) is 5.94. The average Bonchev–Trinajstić information content (AvgIpc) is 2.01. The Morgan fingerprint density at radius 3 is 2.46 bits per heavy atom. The van der Waals surface area contributed by atoms with E-state index in [0.29, 0.717) is 5.25 Å². The number of aliphatic hydroxyl groups excluding tert-OH is 1. The van der Waals surface area contributed by atoms with Crippen LogP contribution in [0.2, 0.25) is 0 Å². The molecule has 0 amide bonds. The summed E-state index contributed by atoms with van der Waals surface area (Å²) in [7, 11) is 0. The molecule has 1 atom stereocenters. The molecule has 0 heterocycles. The molecular formula is C10H23NOS. The lowest BCUT2D eigenvalue weighted by atomic mass is 10.1. The van der Waals surface area contributed by atoms with Crippen LogP contribution >= 0.6 is 11.8 Å². The van der Waals surface area contributed by atoms with E-state index in [-0.39, 0.29) is 12.1 Å². The van der Waals surface area contributed by atoms with Crippen molar-refractivity contribution in [2.75, 3.05) is 18.9 Å². The van der Waals surface area contributed by atoms with Crippen LogP contribution in [0.1, 0.15) is 34.1 Å². The van der Waals surface area contributed by atoms with E-state index in [1.54, 1.807) is 0 Å². The first-order chi connectivity index (χ1) is 5.95. The van der Waals surface area contributed by atoms with Crippen LogP contribution < -0.4 is 5.32 Å². The van der Waals surface area contributed by atoms with Crippen LogP contribution in [-0.4, -0.2) is 34.8 Å². The van der Waals surface area contributed by atoms with Gasteiger partial charge in [0.25, 0.3) is 0 Å². The fourth-order valence-corrected chi connectivity index (χ4v) is 1.69. The number of nitrogens with one attached hydrogen (secondary N) is 1. The molecule has 0 aliphatic heterocycles. The summed E-state index contributed by atoms with van der Waals surface area (Å²) in [6.45, 7) is 9.94. The Morgan fingerprint density at radius 2 is 2.00 bits per heavy atom. The van der Waals surface area contributed by atoms with Gasteiger partial charge < -0.3 is 10.4 Å². The second kappa shape index (κ2) is 6.68. The smallest absolute Gasteiger partial charge is 0.0547 e. The lowest BCUT2D eigenvalue weighted by Gasteiger charge is -2.20. The molecule has 0 fully saturated rings. The van der Waals surface area contributed by atoms with Gasteiger partial charge in [-0.1, -0.05) is 6.92 Å². The summed E-state index contributed by atoms with van der Waals surface area (Å²) < 4.78 is 0. The minimum absolute atomic E-state index is 0.229. The Balaban J connectivity index is 3.18. The molecular weight excluding hydrogens is 182 g/mol. The van der Waals surface area contributed by atoms with E-state index < -0.39 is 0 Å². The van der Waals surface area contributed by atoms with Crippen molar-refractivity contribution in [1.29, 1.82) is 0 Å². The lowest BCUT2D eigenvalue weighted by Crippen LogP contribution is -2.36. The Bertz CT molecular complexity index is 123. The van der Waals surface area contributed by atoms with Gasteiger partial charge in [-0.2, -0.15) is 11.8 Å². The number of hydrogen-bond donors (Lipinski definition) is 2. The Morgan fingerprint density at radius 1 is 1.38 bits per heavy atom. The van der Waals surface area contributed by atoms with Gasteiger partial charge in [-0.05, 0) is 39.5 Å². The van der Waals surface area contributed by atoms with Crippen LogP contribution in [0.5, 0.6) is 0 Å². The molecule has 0 aromatic rings. The van der Waals surface area contributed by atoms with Gasteiger partial charge >= 0.3 is 0 Å². The maximum atomic E-state index is 8.78. The van der Waals surface area contributed by atoms with Crippen LogP contribution in [-0.2, 0) is 0 Å². The van der Waals surface area contributed by atoms with Gasteiger partial charge in [-0.15, -0.1) is 0 Å². The topological polar surface area (TPSA) is 32.3 Å². The summed E-state index contributed by atoms with van der Waals surface area (Å²) >= 11 is 1.84. The molecule has 0 aromatic heterocycles. The zero-order valence-corrected chi connectivity index (χ0v) is 10.1. The van der Waals surface area contributed by atoms with E-state index in [9.17, 15) is 0 Å². The van der Waals surface area contributed by atoms with Crippen molar-refractivity contribution in [1.82, 2.24) is 5.32 Å². The van der Waals surface area contributed by atoms with E-state index in [2.05, 4.69) is 33.0 Å². The highest BCUT2D eigenvalue weighted by Gasteiger charge is 2.07. The summed E-state index contributed by atoms with van der Waals surface area (Å²) in [5, 5.41) is 12.6. The Labute approximate surface area is 86.5 Å². The van der Waals surface area contributed by atoms with E-state index in [1.807, 2.05) is 11.8 Å². The van der Waals surface area contributed by atoms with Gasteiger partial charge in [0.1, 0.15) is 0 Å². The van der Waals surface area contributed by atoms with Crippen LogP contribution in [0.4, 0.5) is 0 Å². The molecule has 2 nitrogen and oxygen atoms in total. The minimum atomic E-state index is 0.229. The van der Waals surface area contributed by atoms with Crippen molar-refractivity contribution in [2.24, 2.45) is 0 Å². The summed E-state index contributed by atoms with van der Waals surface area (Å²) in [5.41, 5.74) is 0.229. The first-order valence-electron chi connectivity index (χ1n) is 4.93. The highest BCUT2D eigenvalue weighted by atomic mass is 32.2. The molecule has 0 aliphatic carbocycles. The molecule has 0 radical (unpaired) electrons. The van der Waals surface area contributed by atoms with Gasteiger partial charge in [0.2, 0.25) is 0 Å². The summed E-state index contributed by atoms with van der Waals surface area (Å²) in [4.78, 5) is 0. The van der Waals surface area contributed by atoms with E-state index in [4.69, 9.17) is 5.11 Å². The fourth-order valence-electron chi connectivity index (χ4n) is 0.873. The third-order valence-corrected chi connectivity index (χ3v) is 2.88. The normalized spacial score (nSPS) is 14.5. The van der Waals surface area contributed by atoms with Gasteiger partial charge in [0, 0.05) is 10.8 Å². The summed E-state index contributed by atoms with van der Waals surface area (Å²) in [6, 6.07) is 0. The van der Waals surface area contributed by atoms with E-state index in [0.717, 1.165) is 12.3 Å². The third kappa shape index (κ3) is 10.2. The predicted molar refractivity (Wildman–Crippen MR) is 61.4 cm³/mol. The van der Waals surface area contributed by atoms with Crippen LogP contribution in [0.3, 0.4) is 0 Å². The molecule has 0 aliphatic rings. The first-order valence-corrected chi connectivity index (χ1v) is 5.98. The maximum absolute atomic E-state index is 8.78. The highest BCUT2D eigenvalue weighted by molar-refractivity contribution is 7.99. The fraction of sp³-hybridized carbons (Fsp3) is 1.00. The minimum Gasteiger partial charge on any atom is -0.395 e. The molecule has 13 heavy (non-hydrogen) atoms. The second-order valence-electron chi connectivity index (χ2n) is 4.39. The predicted octanol–water partition coefficient (Wildman–Crippen LogP) is 1.88. The van der Waals surface area contributed by atoms with Crippen molar-refractivity contribution < 1.29 is 5.11 Å². The molecule has 3 heteroatoms. The van der Waals surface area contributed by atoms with Crippen LogP contribution in [0, 0.1) is 0 Å². The molecule has 2 N–H and O–H groups in total. The number of thioether (sulfide) groups is 1. The third-order valence-electron chi connectivity index (χ3n) is 1.64. The lowest BCUT2D eigenvalue weighted by molar-refractivity contribution is 0.300. The summed E-state index contributed by atoms with van der Waals surface area (Å²) in [6.07, 6.45) is 1.17. The standard InChI is InChI=1S/C10H23NOS/c1-9(8-12)13-7-5-6-11-10(2,3)4/h9,11-12H,5-8H2,1-4H3. The monoisotopic (exact) mass is 205 g/mol. The first kappa shape index (κ1) is 13.3. The van der Waals surface area contributed by atoms with Crippen molar-refractivity contribution >= 4 is 11.8 Å². The van der Waals surface area contributed by atoms with Gasteiger partial charge in [-0.3, -0.25) is 0 Å². The molecule has 0 rings (SSSR count). The maximum Gasteiger partial charge on any atom is 0.0547 e. The van der Waals surface area contributed by atoms with Gasteiger partial charge in [-0.25, -0.2) is 0 Å². The zero-order valence-electron chi connectivity index (χ0n) is 9.26. The van der Waals surface area contributed by atoms with Gasteiger partial charge in [0.15, 0.2) is 0 Å². The van der Waals surface area contributed by atoms with Crippen molar-refractivity contribution in [2.45, 2.75) is 44.9 Å². The van der Waals surface area contributed by atoms with Crippen LogP contribution in [0.25, 0.3) is 0 Å². The molecule has 0 saturated carbocycles. The largest absolute Gasteiger partial charge is 0.395 e. The average molecular weight is 205 g/mol. The number of hydrogen-bond acceptors (Lipinski definition) is 3. The summed E-state index contributed by atoms with van der Waals surface area (Å²) in [5.74, 6) is 1.13. The molecule has 0 spiro atoms. The molecule has 80 valence electrons. The number of aliphatic hydroxyl groups is 1. The Kier molecular flexibility index (Phi) is 6.82. The quantitative estimate of drug-likeness (QED) is 0.649. The number of rotatable bonds is 6. The highest BCUT2D eigenvalue weighted by Crippen LogP contribution is 2.10. The Hall–Kier alpha value is 0.270. The van der Waals surface area contributed by atoms with Crippen molar-refractivity contribution in [3.05, 3.63) is 0 Å². The zero-order chi connectivity index (χ0) is 10.3. The molecule has 1 unspecified atom stereocenters. The van der Waals surface area contributed by atoms with Crippen LogP contribution in [0.15, 0.2) is 0 Å². The molecule has 0 saturated heterocycles.